The van der Waals surface area contributed by atoms with Crippen molar-refractivity contribution in [2.45, 2.75) is 39.2 Å². The lowest BCUT2D eigenvalue weighted by molar-refractivity contribution is 0.0603. The number of nitrogens with zero attached hydrogens (tertiary/aromatic N) is 1. The van der Waals surface area contributed by atoms with Crippen molar-refractivity contribution in [3.05, 3.63) is 45.0 Å². The molecule has 0 bridgehead atoms. The average Bonchev–Trinajstić information content (AvgIpc) is 3.22. The fourth-order valence-electron chi connectivity index (χ4n) is 3.06. The van der Waals surface area contributed by atoms with E-state index in [2.05, 4.69) is 10.6 Å². The Balaban J connectivity index is 1.69. The smallest absolute Gasteiger partial charge is 0.412 e. The second kappa shape index (κ2) is 8.35. The third-order valence-corrected chi connectivity index (χ3v) is 5.53. The van der Waals surface area contributed by atoms with Gasteiger partial charge < -0.3 is 19.4 Å². The second-order valence-electron chi connectivity index (χ2n) is 7.96. The molecule has 0 atom stereocenters. The Kier molecular flexibility index (Phi) is 6.02. The van der Waals surface area contributed by atoms with E-state index in [1.54, 1.807) is 50.7 Å². The molecule has 2 aromatic rings. The summed E-state index contributed by atoms with van der Waals surface area (Å²) in [7, 11) is 3.08. The van der Waals surface area contributed by atoms with Crippen molar-refractivity contribution >= 4 is 41.1 Å². The number of hydrogen-bond acceptors (Lipinski definition) is 6. The predicted molar refractivity (Wildman–Crippen MR) is 115 cm³/mol. The summed E-state index contributed by atoms with van der Waals surface area (Å²) in [6.45, 7) is 5.34. The molecule has 2 heterocycles. The van der Waals surface area contributed by atoms with Crippen LogP contribution in [0.5, 0.6) is 0 Å². The van der Waals surface area contributed by atoms with Crippen molar-refractivity contribution in [1.82, 2.24) is 9.88 Å². The fourth-order valence-corrected chi connectivity index (χ4v) is 4.12. The first-order valence-corrected chi connectivity index (χ1v) is 10.3. The van der Waals surface area contributed by atoms with Crippen molar-refractivity contribution < 1.29 is 23.9 Å². The van der Waals surface area contributed by atoms with Crippen LogP contribution >= 0.6 is 11.3 Å². The van der Waals surface area contributed by atoms with Crippen LogP contribution < -0.4 is 10.6 Å². The van der Waals surface area contributed by atoms with Gasteiger partial charge in [-0.3, -0.25) is 10.1 Å². The fraction of sp³-hybridized carbons (Fsp3) is 0.381. The molecule has 0 aromatic carbocycles. The molecule has 1 aliphatic rings. The van der Waals surface area contributed by atoms with Crippen molar-refractivity contribution in [2.24, 2.45) is 7.05 Å². The molecule has 0 unspecified atom stereocenters. The first-order valence-electron chi connectivity index (χ1n) is 9.45. The van der Waals surface area contributed by atoms with Gasteiger partial charge in [0, 0.05) is 23.8 Å². The van der Waals surface area contributed by atoms with Gasteiger partial charge in [0.25, 0.3) is 5.91 Å². The summed E-state index contributed by atoms with van der Waals surface area (Å²) in [6.07, 6.45) is 4.34. The Morgan fingerprint density at radius 2 is 1.87 bits per heavy atom. The molecule has 2 amide bonds. The van der Waals surface area contributed by atoms with E-state index in [1.807, 2.05) is 6.08 Å². The highest BCUT2D eigenvalue weighted by molar-refractivity contribution is 7.14. The minimum absolute atomic E-state index is 0.284. The first kappa shape index (κ1) is 21.6. The van der Waals surface area contributed by atoms with Crippen LogP contribution in [-0.4, -0.2) is 35.2 Å². The van der Waals surface area contributed by atoms with Crippen LogP contribution in [0.2, 0.25) is 0 Å². The zero-order chi connectivity index (χ0) is 22.1. The highest BCUT2D eigenvalue weighted by Gasteiger charge is 2.21. The molecule has 2 N–H and O–H groups in total. The molecule has 160 valence electrons. The summed E-state index contributed by atoms with van der Waals surface area (Å²) >= 11 is 1.41. The maximum Gasteiger partial charge on any atom is 0.412 e. The number of rotatable bonds is 4. The number of carbonyl (C=O) groups excluding carboxylic acids is 3. The first-order chi connectivity index (χ1) is 14.1. The summed E-state index contributed by atoms with van der Waals surface area (Å²) in [5.74, 6) is -0.643. The van der Waals surface area contributed by atoms with Gasteiger partial charge >= 0.3 is 12.1 Å². The number of anilines is 1. The standard InChI is InChI=1S/C21H25N3O5S/c1-21(2,3)29-20(27)23-14-10-15(24(4)11-14)18(25)22-13-6-7-16-12(8-13)9-17(30-16)19(26)28-5/h8-11H,6-7H2,1-5H3,(H,22,25)(H,23,27). The average molecular weight is 432 g/mol. The number of aromatic nitrogens is 1. The largest absolute Gasteiger partial charge is 0.465 e. The zero-order valence-electron chi connectivity index (χ0n) is 17.6. The van der Waals surface area contributed by atoms with Crippen LogP contribution in [0.25, 0.3) is 6.08 Å². The molecule has 0 saturated heterocycles. The monoisotopic (exact) mass is 431 g/mol. The van der Waals surface area contributed by atoms with Crippen molar-refractivity contribution in [3.63, 3.8) is 0 Å². The van der Waals surface area contributed by atoms with Crippen LogP contribution in [-0.2, 0) is 22.9 Å². The Morgan fingerprint density at radius 3 is 2.53 bits per heavy atom. The number of ether oxygens (including phenoxy) is 2. The molecule has 0 fully saturated rings. The van der Waals surface area contributed by atoms with Gasteiger partial charge in [0.05, 0.1) is 12.8 Å². The summed E-state index contributed by atoms with van der Waals surface area (Å²) in [5, 5.41) is 5.55. The number of fused-ring (bicyclic) bond motifs is 1. The number of esters is 1. The number of aryl methyl sites for hydroxylation is 2. The summed E-state index contributed by atoms with van der Waals surface area (Å²) < 4.78 is 11.6. The SMILES string of the molecule is COC(=O)c1cc2c(s1)CCC(NC(=O)c1cc(NC(=O)OC(C)(C)C)cn1C)=C2. The van der Waals surface area contributed by atoms with Gasteiger partial charge in [0.15, 0.2) is 0 Å². The van der Waals surface area contributed by atoms with Crippen LogP contribution in [0, 0.1) is 0 Å². The maximum absolute atomic E-state index is 12.7. The molecule has 0 spiro atoms. The number of nitrogens with one attached hydrogen (secondary N) is 2. The molecule has 2 aromatic heterocycles. The highest BCUT2D eigenvalue weighted by Crippen LogP contribution is 2.31. The molecule has 1 aliphatic carbocycles. The Morgan fingerprint density at radius 1 is 1.13 bits per heavy atom. The van der Waals surface area contributed by atoms with E-state index in [4.69, 9.17) is 9.47 Å². The van der Waals surface area contributed by atoms with Crippen molar-refractivity contribution in [2.75, 3.05) is 12.4 Å². The van der Waals surface area contributed by atoms with E-state index >= 15 is 0 Å². The van der Waals surface area contributed by atoms with Crippen LogP contribution in [0.1, 0.15) is 57.8 Å². The number of thiophene rings is 1. The highest BCUT2D eigenvalue weighted by atomic mass is 32.1. The van der Waals surface area contributed by atoms with Crippen molar-refractivity contribution in [3.8, 4) is 0 Å². The van der Waals surface area contributed by atoms with E-state index in [1.165, 1.54) is 18.4 Å². The van der Waals surface area contributed by atoms with E-state index < -0.39 is 11.7 Å². The number of carbonyl (C=O) groups is 3. The van der Waals surface area contributed by atoms with E-state index in [0.29, 0.717) is 22.7 Å². The zero-order valence-corrected chi connectivity index (χ0v) is 18.4. The van der Waals surface area contributed by atoms with Gasteiger partial charge in [0.1, 0.15) is 16.2 Å². The molecule has 0 aliphatic heterocycles. The number of allylic oxidation sites excluding steroid dienone is 1. The third kappa shape index (κ3) is 5.10. The Bertz CT molecular complexity index is 1030. The molecular formula is C21H25N3O5S. The van der Waals surface area contributed by atoms with Gasteiger partial charge in [0.2, 0.25) is 0 Å². The lowest BCUT2D eigenvalue weighted by Crippen LogP contribution is -2.27. The van der Waals surface area contributed by atoms with Gasteiger partial charge in [-0.2, -0.15) is 0 Å². The quantitative estimate of drug-likeness (QED) is 0.715. The lowest BCUT2D eigenvalue weighted by atomic mass is 10.0. The van der Waals surface area contributed by atoms with Crippen LogP contribution in [0.15, 0.2) is 24.0 Å². The number of hydrogen-bond donors (Lipinski definition) is 2. The van der Waals surface area contributed by atoms with Crippen LogP contribution in [0.4, 0.5) is 10.5 Å². The lowest BCUT2D eigenvalue weighted by Gasteiger charge is -2.19. The van der Waals surface area contributed by atoms with Gasteiger partial charge in [-0.15, -0.1) is 11.3 Å². The predicted octanol–water partition coefficient (Wildman–Crippen LogP) is 3.94. The molecule has 30 heavy (non-hydrogen) atoms. The molecule has 3 rings (SSSR count). The Labute approximate surface area is 178 Å². The topological polar surface area (TPSA) is 98.7 Å². The summed E-state index contributed by atoms with van der Waals surface area (Å²) in [5.41, 5.74) is 1.94. The summed E-state index contributed by atoms with van der Waals surface area (Å²) in [6, 6.07) is 3.37. The van der Waals surface area contributed by atoms with Gasteiger partial charge in [-0.1, -0.05) is 0 Å². The maximum atomic E-state index is 12.7. The number of methoxy groups -OCH3 is 1. The van der Waals surface area contributed by atoms with E-state index in [9.17, 15) is 14.4 Å². The van der Waals surface area contributed by atoms with Gasteiger partial charge in [-0.05, 0) is 57.4 Å². The Hall–Kier alpha value is -3.07. The molecule has 0 radical (unpaired) electrons. The van der Waals surface area contributed by atoms with Crippen molar-refractivity contribution in [1.29, 1.82) is 0 Å². The second-order valence-corrected chi connectivity index (χ2v) is 9.09. The van der Waals surface area contributed by atoms with E-state index in [-0.39, 0.29) is 11.9 Å². The molecule has 9 heteroatoms. The minimum atomic E-state index is -0.610. The number of amides is 2. The molecule has 0 saturated carbocycles. The normalized spacial score (nSPS) is 13.2. The minimum Gasteiger partial charge on any atom is -0.465 e. The van der Waals surface area contributed by atoms with E-state index in [0.717, 1.165) is 22.6 Å². The molecule has 8 nitrogen and oxygen atoms in total. The third-order valence-electron chi connectivity index (χ3n) is 4.34. The van der Waals surface area contributed by atoms with Gasteiger partial charge in [-0.25, -0.2) is 9.59 Å². The summed E-state index contributed by atoms with van der Waals surface area (Å²) in [4.78, 5) is 38.1. The van der Waals surface area contributed by atoms with Crippen LogP contribution in [0.3, 0.4) is 0 Å². The molecular weight excluding hydrogens is 406 g/mol.